The lowest BCUT2D eigenvalue weighted by molar-refractivity contribution is -0.142. The third kappa shape index (κ3) is 3.04. The van der Waals surface area contributed by atoms with Crippen molar-refractivity contribution in [1.29, 1.82) is 0 Å². The summed E-state index contributed by atoms with van der Waals surface area (Å²) >= 11 is 0. The number of aryl methyl sites for hydroxylation is 1. The summed E-state index contributed by atoms with van der Waals surface area (Å²) in [7, 11) is 0. The van der Waals surface area contributed by atoms with Crippen molar-refractivity contribution >= 4 is 5.97 Å². The number of furan rings is 1. The molecule has 1 N–H and O–H groups in total. The second-order valence-electron chi connectivity index (χ2n) is 5.24. The van der Waals surface area contributed by atoms with Gasteiger partial charge < -0.3 is 9.52 Å². The number of rotatable bonds is 6. The summed E-state index contributed by atoms with van der Waals surface area (Å²) in [5.41, 5.74) is 0.781. The van der Waals surface area contributed by atoms with E-state index in [-0.39, 0.29) is 6.54 Å². The maximum absolute atomic E-state index is 11.3. The molecule has 0 spiro atoms. The van der Waals surface area contributed by atoms with Crippen LogP contribution in [-0.4, -0.2) is 31.3 Å². The van der Waals surface area contributed by atoms with Gasteiger partial charge in [-0.1, -0.05) is 13.8 Å². The fourth-order valence-corrected chi connectivity index (χ4v) is 2.17. The molecule has 0 radical (unpaired) electrons. The minimum atomic E-state index is -0.830. The van der Waals surface area contributed by atoms with Gasteiger partial charge in [0.1, 0.15) is 5.76 Å². The average molecular weight is 278 g/mol. The van der Waals surface area contributed by atoms with E-state index in [2.05, 4.69) is 15.5 Å². The highest BCUT2D eigenvalue weighted by molar-refractivity contribution is 5.70. The average Bonchev–Trinajstić information content (AvgIpc) is 2.96. The summed E-state index contributed by atoms with van der Waals surface area (Å²) < 4.78 is 6.76. The van der Waals surface area contributed by atoms with Gasteiger partial charge in [-0.25, -0.2) is 4.68 Å². The predicted octanol–water partition coefficient (Wildman–Crippen LogP) is 1.99. The first-order chi connectivity index (χ1) is 9.49. The van der Waals surface area contributed by atoms with Crippen LogP contribution in [0.1, 0.15) is 26.0 Å². The van der Waals surface area contributed by atoms with Gasteiger partial charge in [-0.2, -0.15) is 0 Å². The quantitative estimate of drug-likeness (QED) is 0.868. The van der Waals surface area contributed by atoms with Crippen LogP contribution in [0, 0.1) is 18.8 Å². The maximum Gasteiger partial charge on any atom is 0.308 e. The standard InChI is InChI=1S/C13H18N4O3/c1-8(2)6-10(13(18)19)7-17-12(14-15-16-17)11-4-5-20-9(11)3/h4-5,8,10H,6-7H2,1-3H3,(H,18,19). The van der Waals surface area contributed by atoms with Crippen molar-refractivity contribution in [2.75, 3.05) is 0 Å². The molecule has 2 aromatic rings. The van der Waals surface area contributed by atoms with Crippen molar-refractivity contribution in [3.8, 4) is 11.4 Å². The second-order valence-corrected chi connectivity index (χ2v) is 5.24. The summed E-state index contributed by atoms with van der Waals surface area (Å²) in [5, 5.41) is 20.8. The maximum atomic E-state index is 11.3. The van der Waals surface area contributed by atoms with E-state index in [1.165, 1.54) is 4.68 Å². The molecule has 0 saturated heterocycles. The molecule has 7 nitrogen and oxygen atoms in total. The predicted molar refractivity (Wildman–Crippen MR) is 70.8 cm³/mol. The van der Waals surface area contributed by atoms with Gasteiger partial charge in [0.2, 0.25) is 0 Å². The zero-order valence-electron chi connectivity index (χ0n) is 11.8. The van der Waals surface area contributed by atoms with Crippen LogP contribution in [0.3, 0.4) is 0 Å². The fourth-order valence-electron chi connectivity index (χ4n) is 2.17. The lowest BCUT2D eigenvalue weighted by atomic mass is 9.97. The molecular formula is C13H18N4O3. The van der Waals surface area contributed by atoms with Crippen LogP contribution < -0.4 is 0 Å². The van der Waals surface area contributed by atoms with Crippen LogP contribution in [0.5, 0.6) is 0 Å². The molecule has 0 aliphatic heterocycles. The van der Waals surface area contributed by atoms with Crippen LogP contribution in [0.2, 0.25) is 0 Å². The minimum absolute atomic E-state index is 0.250. The largest absolute Gasteiger partial charge is 0.481 e. The van der Waals surface area contributed by atoms with Gasteiger partial charge in [0.05, 0.1) is 24.3 Å². The van der Waals surface area contributed by atoms with Crippen LogP contribution in [0.25, 0.3) is 11.4 Å². The molecule has 0 fully saturated rings. The zero-order valence-corrected chi connectivity index (χ0v) is 11.8. The number of carbonyl (C=O) groups is 1. The first-order valence-corrected chi connectivity index (χ1v) is 6.52. The molecule has 7 heteroatoms. The van der Waals surface area contributed by atoms with Gasteiger partial charge in [-0.15, -0.1) is 5.10 Å². The van der Waals surface area contributed by atoms with Crippen molar-refractivity contribution < 1.29 is 14.3 Å². The van der Waals surface area contributed by atoms with Gasteiger partial charge in [0, 0.05) is 0 Å². The SMILES string of the molecule is Cc1occc1-c1nnnn1CC(CC(C)C)C(=O)O. The lowest BCUT2D eigenvalue weighted by Crippen LogP contribution is -2.23. The Hall–Kier alpha value is -2.18. The Morgan fingerprint density at radius 1 is 1.50 bits per heavy atom. The molecule has 0 bridgehead atoms. The van der Waals surface area contributed by atoms with E-state index in [0.29, 0.717) is 23.9 Å². The van der Waals surface area contributed by atoms with Gasteiger partial charge in [-0.3, -0.25) is 4.79 Å². The van der Waals surface area contributed by atoms with E-state index in [9.17, 15) is 9.90 Å². The second kappa shape index (κ2) is 5.85. The molecule has 2 aromatic heterocycles. The molecule has 0 aliphatic rings. The number of tetrazole rings is 1. The molecule has 1 unspecified atom stereocenters. The summed E-state index contributed by atoms with van der Waals surface area (Å²) in [6.45, 7) is 6.06. The molecule has 108 valence electrons. The normalized spacial score (nSPS) is 12.8. The van der Waals surface area contributed by atoms with Crippen molar-refractivity contribution in [2.45, 2.75) is 33.7 Å². The lowest BCUT2D eigenvalue weighted by Gasteiger charge is -2.14. The van der Waals surface area contributed by atoms with Gasteiger partial charge in [0.25, 0.3) is 0 Å². The first kappa shape index (κ1) is 14.2. The van der Waals surface area contributed by atoms with Crippen LogP contribution >= 0.6 is 0 Å². The number of hydrogen-bond acceptors (Lipinski definition) is 5. The van der Waals surface area contributed by atoms with E-state index in [1.807, 2.05) is 20.8 Å². The summed E-state index contributed by atoms with van der Waals surface area (Å²) in [6.07, 6.45) is 2.14. The molecule has 0 aliphatic carbocycles. The van der Waals surface area contributed by atoms with Crippen LogP contribution in [0.4, 0.5) is 0 Å². The Labute approximate surface area is 116 Å². The third-order valence-electron chi connectivity index (χ3n) is 3.13. The number of hydrogen-bond donors (Lipinski definition) is 1. The van der Waals surface area contributed by atoms with E-state index in [1.54, 1.807) is 12.3 Å². The van der Waals surface area contributed by atoms with E-state index in [0.717, 1.165) is 5.56 Å². The van der Waals surface area contributed by atoms with Gasteiger partial charge >= 0.3 is 5.97 Å². The Balaban J connectivity index is 2.24. The third-order valence-corrected chi connectivity index (χ3v) is 3.13. The molecule has 2 heterocycles. The summed E-state index contributed by atoms with van der Waals surface area (Å²) in [6, 6.07) is 1.77. The summed E-state index contributed by atoms with van der Waals surface area (Å²) in [5.74, 6) is 0.197. The Morgan fingerprint density at radius 3 is 2.80 bits per heavy atom. The monoisotopic (exact) mass is 278 g/mol. The van der Waals surface area contributed by atoms with E-state index >= 15 is 0 Å². The zero-order chi connectivity index (χ0) is 14.7. The Morgan fingerprint density at radius 2 is 2.25 bits per heavy atom. The molecule has 0 amide bonds. The molecule has 20 heavy (non-hydrogen) atoms. The van der Waals surface area contributed by atoms with Crippen molar-refractivity contribution in [3.05, 3.63) is 18.1 Å². The van der Waals surface area contributed by atoms with E-state index in [4.69, 9.17) is 4.42 Å². The smallest absolute Gasteiger partial charge is 0.308 e. The highest BCUT2D eigenvalue weighted by Gasteiger charge is 2.23. The van der Waals surface area contributed by atoms with Gasteiger partial charge in [0.15, 0.2) is 5.82 Å². The molecule has 0 saturated carbocycles. The number of aliphatic carboxylic acids is 1. The number of carboxylic acid groups (broad SMARTS) is 1. The highest BCUT2D eigenvalue weighted by atomic mass is 16.4. The van der Waals surface area contributed by atoms with Crippen molar-refractivity contribution in [3.63, 3.8) is 0 Å². The molecular weight excluding hydrogens is 260 g/mol. The molecule has 2 rings (SSSR count). The van der Waals surface area contributed by atoms with Crippen LogP contribution in [-0.2, 0) is 11.3 Å². The van der Waals surface area contributed by atoms with E-state index < -0.39 is 11.9 Å². The fraction of sp³-hybridized carbons (Fsp3) is 0.538. The molecule has 1 atom stereocenters. The number of carboxylic acids is 1. The highest BCUT2D eigenvalue weighted by Crippen LogP contribution is 2.23. The number of nitrogens with zero attached hydrogens (tertiary/aromatic N) is 4. The Bertz CT molecular complexity index is 588. The minimum Gasteiger partial charge on any atom is -0.481 e. The van der Waals surface area contributed by atoms with Crippen molar-refractivity contribution in [1.82, 2.24) is 20.2 Å². The topological polar surface area (TPSA) is 94.0 Å². The van der Waals surface area contributed by atoms with Crippen LogP contribution in [0.15, 0.2) is 16.7 Å². The first-order valence-electron chi connectivity index (χ1n) is 6.52. The molecule has 0 aromatic carbocycles. The Kier molecular flexibility index (Phi) is 4.16. The van der Waals surface area contributed by atoms with Crippen molar-refractivity contribution in [2.24, 2.45) is 11.8 Å². The number of aromatic nitrogens is 4. The van der Waals surface area contributed by atoms with Gasteiger partial charge in [-0.05, 0) is 35.8 Å². The summed E-state index contributed by atoms with van der Waals surface area (Å²) in [4.78, 5) is 11.3.